The lowest BCUT2D eigenvalue weighted by molar-refractivity contribution is -0.137. The Hall–Kier alpha value is -1.79. The normalized spacial score (nSPS) is 13.2. The van der Waals surface area contributed by atoms with Crippen LogP contribution in [0.15, 0.2) is 0 Å². The molecule has 0 fully saturated rings. The number of carboxylic acid groups (broad SMARTS) is 1. The summed E-state index contributed by atoms with van der Waals surface area (Å²) < 4.78 is 0. The quantitative estimate of drug-likeness (QED) is 0.510. The van der Waals surface area contributed by atoms with Crippen LogP contribution in [0.4, 0.5) is 4.79 Å². The Labute approximate surface area is 113 Å². The molecule has 2 atom stereocenters. The standard InChI is InChI=1S/C12H23N3O4/c1-4-13-11(18)9(3)15-12(19)14-7-8(2)5-6-10(16)17/h8-9H,4-7H2,1-3H3,(H,13,18)(H,16,17)(H2,14,15,19). The fourth-order valence-corrected chi connectivity index (χ4v) is 1.38. The highest BCUT2D eigenvalue weighted by molar-refractivity contribution is 5.86. The SMILES string of the molecule is CCNC(=O)C(C)NC(=O)NCC(C)CCC(=O)O. The van der Waals surface area contributed by atoms with Gasteiger partial charge in [0.05, 0.1) is 0 Å². The largest absolute Gasteiger partial charge is 0.481 e. The van der Waals surface area contributed by atoms with Gasteiger partial charge in [0, 0.05) is 19.5 Å². The summed E-state index contributed by atoms with van der Waals surface area (Å²) in [6, 6.07) is -1.03. The van der Waals surface area contributed by atoms with E-state index in [-0.39, 0.29) is 18.2 Å². The van der Waals surface area contributed by atoms with Crippen LogP contribution in [0, 0.1) is 5.92 Å². The third-order valence-corrected chi connectivity index (χ3v) is 2.55. The van der Waals surface area contributed by atoms with Crippen molar-refractivity contribution in [2.24, 2.45) is 5.92 Å². The fraction of sp³-hybridized carbons (Fsp3) is 0.750. The molecule has 0 aromatic carbocycles. The lowest BCUT2D eigenvalue weighted by Crippen LogP contribution is -2.49. The first kappa shape index (κ1) is 17.2. The zero-order valence-electron chi connectivity index (χ0n) is 11.7. The van der Waals surface area contributed by atoms with Gasteiger partial charge in [0.2, 0.25) is 5.91 Å². The van der Waals surface area contributed by atoms with Crippen molar-refractivity contribution in [1.82, 2.24) is 16.0 Å². The van der Waals surface area contributed by atoms with E-state index in [1.165, 1.54) is 0 Å². The molecule has 2 unspecified atom stereocenters. The Balaban J connectivity index is 3.85. The van der Waals surface area contributed by atoms with Gasteiger partial charge in [-0.1, -0.05) is 6.92 Å². The molecule has 19 heavy (non-hydrogen) atoms. The lowest BCUT2D eigenvalue weighted by atomic mass is 10.1. The van der Waals surface area contributed by atoms with Crippen LogP contribution in [0.2, 0.25) is 0 Å². The summed E-state index contributed by atoms with van der Waals surface area (Å²) in [5, 5.41) is 16.2. The van der Waals surface area contributed by atoms with Gasteiger partial charge in [0.1, 0.15) is 6.04 Å². The maximum Gasteiger partial charge on any atom is 0.315 e. The zero-order valence-corrected chi connectivity index (χ0v) is 11.7. The summed E-state index contributed by atoms with van der Waals surface area (Å²) in [7, 11) is 0. The van der Waals surface area contributed by atoms with E-state index < -0.39 is 18.0 Å². The van der Waals surface area contributed by atoms with Gasteiger partial charge in [-0.3, -0.25) is 9.59 Å². The van der Waals surface area contributed by atoms with E-state index in [9.17, 15) is 14.4 Å². The van der Waals surface area contributed by atoms with Gasteiger partial charge in [-0.15, -0.1) is 0 Å². The van der Waals surface area contributed by atoms with E-state index in [4.69, 9.17) is 5.11 Å². The number of urea groups is 1. The molecule has 3 amide bonds. The summed E-state index contributed by atoms with van der Waals surface area (Å²) in [6.45, 7) is 6.14. The highest BCUT2D eigenvalue weighted by Gasteiger charge is 2.14. The van der Waals surface area contributed by atoms with Crippen LogP contribution in [0.25, 0.3) is 0 Å². The summed E-state index contributed by atoms with van der Waals surface area (Å²) >= 11 is 0. The van der Waals surface area contributed by atoms with Crippen LogP contribution in [0.1, 0.15) is 33.6 Å². The number of rotatable bonds is 8. The number of hydrogen-bond donors (Lipinski definition) is 4. The Bertz CT molecular complexity index is 320. The molecule has 0 aliphatic carbocycles. The highest BCUT2D eigenvalue weighted by atomic mass is 16.4. The molecule has 0 saturated heterocycles. The number of hydrogen-bond acceptors (Lipinski definition) is 3. The second-order valence-corrected chi connectivity index (χ2v) is 4.51. The third-order valence-electron chi connectivity index (χ3n) is 2.55. The minimum absolute atomic E-state index is 0.0709. The van der Waals surface area contributed by atoms with Gasteiger partial charge in [-0.25, -0.2) is 4.79 Å². The Morgan fingerprint density at radius 1 is 1.16 bits per heavy atom. The number of carbonyl (C=O) groups is 3. The number of carboxylic acids is 1. The third kappa shape index (κ3) is 8.87. The van der Waals surface area contributed by atoms with Gasteiger partial charge in [0.25, 0.3) is 0 Å². The van der Waals surface area contributed by atoms with Gasteiger partial charge in [0.15, 0.2) is 0 Å². The van der Waals surface area contributed by atoms with Gasteiger partial charge >= 0.3 is 12.0 Å². The summed E-state index contributed by atoms with van der Waals surface area (Å²) in [4.78, 5) is 33.2. The molecular formula is C12H23N3O4. The van der Waals surface area contributed by atoms with Gasteiger partial charge in [-0.2, -0.15) is 0 Å². The number of amides is 3. The summed E-state index contributed by atoms with van der Waals surface area (Å²) in [6.07, 6.45) is 0.585. The van der Waals surface area contributed by atoms with Crippen molar-refractivity contribution < 1.29 is 19.5 Å². The maximum atomic E-state index is 11.5. The van der Waals surface area contributed by atoms with Crippen molar-refractivity contribution in [2.45, 2.75) is 39.7 Å². The summed E-state index contributed by atoms with van der Waals surface area (Å²) in [5.41, 5.74) is 0. The van der Waals surface area contributed by atoms with Crippen LogP contribution >= 0.6 is 0 Å². The maximum absolute atomic E-state index is 11.5. The first-order valence-electron chi connectivity index (χ1n) is 6.40. The lowest BCUT2D eigenvalue weighted by Gasteiger charge is -2.16. The Morgan fingerprint density at radius 3 is 2.32 bits per heavy atom. The average Bonchev–Trinajstić information content (AvgIpc) is 2.34. The second-order valence-electron chi connectivity index (χ2n) is 4.51. The molecule has 7 nitrogen and oxygen atoms in total. The van der Waals surface area contributed by atoms with E-state index in [0.717, 1.165) is 0 Å². The molecule has 0 spiro atoms. The molecule has 4 N–H and O–H groups in total. The van der Waals surface area contributed by atoms with E-state index in [0.29, 0.717) is 19.5 Å². The minimum atomic E-state index is -0.846. The molecule has 7 heteroatoms. The summed E-state index contributed by atoms with van der Waals surface area (Å²) in [5.74, 6) is -1.01. The second kappa shape index (κ2) is 9.18. The predicted octanol–water partition coefficient (Wildman–Crippen LogP) is 0.311. The zero-order chi connectivity index (χ0) is 14.8. The molecule has 0 aliphatic rings. The van der Waals surface area contributed by atoms with E-state index in [1.54, 1.807) is 13.8 Å². The van der Waals surface area contributed by atoms with Crippen LogP contribution in [0.3, 0.4) is 0 Å². The van der Waals surface area contributed by atoms with Crippen molar-refractivity contribution in [2.75, 3.05) is 13.1 Å². The predicted molar refractivity (Wildman–Crippen MR) is 70.7 cm³/mol. The van der Waals surface area contributed by atoms with Crippen molar-refractivity contribution in [3.63, 3.8) is 0 Å². The van der Waals surface area contributed by atoms with Crippen LogP contribution in [0.5, 0.6) is 0 Å². The molecular weight excluding hydrogens is 250 g/mol. The van der Waals surface area contributed by atoms with Crippen molar-refractivity contribution in [1.29, 1.82) is 0 Å². The molecule has 0 aromatic heterocycles. The van der Waals surface area contributed by atoms with Crippen molar-refractivity contribution >= 4 is 17.9 Å². The Morgan fingerprint density at radius 2 is 1.79 bits per heavy atom. The van der Waals surface area contributed by atoms with Gasteiger partial charge < -0.3 is 21.1 Å². The van der Waals surface area contributed by atoms with E-state index >= 15 is 0 Å². The fourth-order valence-electron chi connectivity index (χ4n) is 1.38. The van der Waals surface area contributed by atoms with Gasteiger partial charge in [-0.05, 0) is 26.2 Å². The van der Waals surface area contributed by atoms with Crippen molar-refractivity contribution in [3.8, 4) is 0 Å². The van der Waals surface area contributed by atoms with Crippen molar-refractivity contribution in [3.05, 3.63) is 0 Å². The average molecular weight is 273 g/mol. The number of likely N-dealkylation sites (N-methyl/N-ethyl adjacent to an activating group) is 1. The van der Waals surface area contributed by atoms with Crippen LogP contribution in [-0.4, -0.2) is 42.1 Å². The highest BCUT2D eigenvalue weighted by Crippen LogP contribution is 2.03. The molecule has 0 aromatic rings. The first-order valence-corrected chi connectivity index (χ1v) is 6.40. The molecule has 0 rings (SSSR count). The molecule has 110 valence electrons. The molecule has 0 bridgehead atoms. The monoisotopic (exact) mass is 273 g/mol. The topological polar surface area (TPSA) is 108 Å². The first-order chi connectivity index (χ1) is 8.86. The molecule has 0 aliphatic heterocycles. The van der Waals surface area contributed by atoms with Crippen LogP contribution in [-0.2, 0) is 9.59 Å². The number of aliphatic carboxylic acids is 1. The minimum Gasteiger partial charge on any atom is -0.481 e. The molecule has 0 heterocycles. The van der Waals surface area contributed by atoms with E-state index in [2.05, 4.69) is 16.0 Å². The van der Waals surface area contributed by atoms with E-state index in [1.807, 2.05) is 6.92 Å². The Kier molecular flexibility index (Phi) is 8.32. The molecule has 0 radical (unpaired) electrons. The van der Waals surface area contributed by atoms with Crippen LogP contribution < -0.4 is 16.0 Å². The smallest absolute Gasteiger partial charge is 0.315 e. The molecule has 0 saturated carbocycles. The number of carbonyl (C=O) groups excluding carboxylic acids is 2. The number of nitrogens with one attached hydrogen (secondary N) is 3.